The highest BCUT2D eigenvalue weighted by atomic mass is 16.4. The van der Waals surface area contributed by atoms with Gasteiger partial charge in [0.1, 0.15) is 5.69 Å². The average molecular weight is 419 g/mol. The fourth-order valence-electron chi connectivity index (χ4n) is 5.10. The van der Waals surface area contributed by atoms with Gasteiger partial charge in [0.05, 0.1) is 0 Å². The van der Waals surface area contributed by atoms with Crippen LogP contribution in [0.4, 0.5) is 0 Å². The quantitative estimate of drug-likeness (QED) is 0.522. The van der Waals surface area contributed by atoms with Crippen molar-refractivity contribution in [2.24, 2.45) is 11.8 Å². The van der Waals surface area contributed by atoms with Crippen molar-refractivity contribution < 1.29 is 9.90 Å². The number of rotatable bonds is 6. The number of carbonyl (C=O) groups is 1. The standard InChI is InChI=1S/C27H34N2O2/c1-17-8-11-21(12-9-17)16-29-25-14-18(2)10-13-22(25)23(26(29)27(30)31)15-28-24-7-5-6-19(3)20(24)4/h8-14,19-20,24,28H,5-7,15-16H2,1-4H3,(H,30,31)/t19-,20-,24-/m1/s1. The number of carboxylic acid groups (broad SMARTS) is 1. The lowest BCUT2D eigenvalue weighted by molar-refractivity contribution is 0.0684. The summed E-state index contributed by atoms with van der Waals surface area (Å²) >= 11 is 0. The third-order valence-electron chi connectivity index (χ3n) is 7.24. The van der Waals surface area contributed by atoms with Crippen LogP contribution >= 0.6 is 0 Å². The van der Waals surface area contributed by atoms with Crippen molar-refractivity contribution in [1.29, 1.82) is 0 Å². The van der Waals surface area contributed by atoms with Gasteiger partial charge in [0.15, 0.2) is 0 Å². The van der Waals surface area contributed by atoms with E-state index >= 15 is 0 Å². The normalized spacial score (nSPS) is 21.5. The monoisotopic (exact) mass is 418 g/mol. The summed E-state index contributed by atoms with van der Waals surface area (Å²) in [6.07, 6.45) is 3.69. The van der Waals surface area contributed by atoms with Crippen LogP contribution in [0.25, 0.3) is 10.9 Å². The van der Waals surface area contributed by atoms with Gasteiger partial charge in [0.25, 0.3) is 0 Å². The van der Waals surface area contributed by atoms with Crippen LogP contribution in [0.3, 0.4) is 0 Å². The molecule has 1 fully saturated rings. The van der Waals surface area contributed by atoms with Gasteiger partial charge in [-0.2, -0.15) is 0 Å². The first-order chi connectivity index (χ1) is 14.8. The number of hydrogen-bond donors (Lipinski definition) is 2. The van der Waals surface area contributed by atoms with Crippen LogP contribution in [0, 0.1) is 25.7 Å². The molecule has 3 aromatic rings. The molecule has 1 aliphatic rings. The van der Waals surface area contributed by atoms with Crippen LogP contribution in [-0.4, -0.2) is 21.7 Å². The molecule has 0 amide bonds. The van der Waals surface area contributed by atoms with Gasteiger partial charge in [-0.15, -0.1) is 0 Å². The molecule has 4 heteroatoms. The zero-order valence-electron chi connectivity index (χ0n) is 19.1. The third kappa shape index (κ3) is 4.40. The Kier molecular flexibility index (Phi) is 6.19. The van der Waals surface area contributed by atoms with Crippen LogP contribution in [0.1, 0.15) is 65.9 Å². The Morgan fingerprint density at radius 2 is 1.77 bits per heavy atom. The zero-order valence-corrected chi connectivity index (χ0v) is 19.1. The SMILES string of the molecule is Cc1ccc(Cn2c(C(=O)O)c(CN[C@@H]3CCC[C@@H](C)[C@H]3C)c3ccc(C)cc32)cc1. The Balaban J connectivity index is 1.74. The molecule has 0 bridgehead atoms. The van der Waals surface area contributed by atoms with Crippen LogP contribution in [0.5, 0.6) is 0 Å². The summed E-state index contributed by atoms with van der Waals surface area (Å²) in [6, 6.07) is 15.1. The molecule has 1 heterocycles. The molecule has 0 radical (unpaired) electrons. The van der Waals surface area contributed by atoms with E-state index in [0.29, 0.717) is 36.7 Å². The molecule has 31 heavy (non-hydrogen) atoms. The number of aromatic carboxylic acids is 1. The summed E-state index contributed by atoms with van der Waals surface area (Å²) in [5, 5.41) is 15.0. The lowest BCUT2D eigenvalue weighted by Crippen LogP contribution is -2.40. The van der Waals surface area contributed by atoms with Crippen molar-refractivity contribution in [3.8, 4) is 0 Å². The molecular weight excluding hydrogens is 384 g/mol. The zero-order chi connectivity index (χ0) is 22.1. The van der Waals surface area contributed by atoms with E-state index in [1.165, 1.54) is 18.4 Å². The van der Waals surface area contributed by atoms with E-state index < -0.39 is 5.97 Å². The summed E-state index contributed by atoms with van der Waals surface area (Å²) in [4.78, 5) is 12.5. The van der Waals surface area contributed by atoms with E-state index in [1.54, 1.807) is 0 Å². The maximum absolute atomic E-state index is 12.5. The minimum Gasteiger partial charge on any atom is -0.477 e. The van der Waals surface area contributed by atoms with Gasteiger partial charge in [0, 0.05) is 35.6 Å². The van der Waals surface area contributed by atoms with Crippen molar-refractivity contribution in [2.45, 2.75) is 66.1 Å². The molecule has 4 rings (SSSR count). The molecule has 1 saturated carbocycles. The van der Waals surface area contributed by atoms with E-state index in [9.17, 15) is 9.90 Å². The molecule has 1 aliphatic carbocycles. The van der Waals surface area contributed by atoms with Crippen LogP contribution in [0.15, 0.2) is 42.5 Å². The second kappa shape index (κ2) is 8.88. The number of aromatic nitrogens is 1. The molecule has 0 spiro atoms. The first-order valence-electron chi connectivity index (χ1n) is 11.5. The van der Waals surface area contributed by atoms with Crippen molar-refractivity contribution in [3.63, 3.8) is 0 Å². The minimum atomic E-state index is -0.858. The smallest absolute Gasteiger partial charge is 0.352 e. The molecule has 164 valence electrons. The highest BCUT2D eigenvalue weighted by Crippen LogP contribution is 2.32. The third-order valence-corrected chi connectivity index (χ3v) is 7.24. The van der Waals surface area contributed by atoms with E-state index in [1.807, 2.05) is 4.57 Å². The van der Waals surface area contributed by atoms with Gasteiger partial charge >= 0.3 is 5.97 Å². The Hall–Kier alpha value is -2.59. The first-order valence-corrected chi connectivity index (χ1v) is 11.5. The van der Waals surface area contributed by atoms with Gasteiger partial charge in [-0.25, -0.2) is 4.79 Å². The average Bonchev–Trinajstić information content (AvgIpc) is 3.03. The Labute approximate surface area is 185 Å². The van der Waals surface area contributed by atoms with Gasteiger partial charge in [-0.1, -0.05) is 68.7 Å². The molecular formula is C27H34N2O2. The van der Waals surface area contributed by atoms with Crippen LogP contribution < -0.4 is 5.32 Å². The minimum absolute atomic E-state index is 0.408. The Morgan fingerprint density at radius 3 is 2.48 bits per heavy atom. The highest BCUT2D eigenvalue weighted by Gasteiger charge is 2.28. The predicted octanol–water partition coefficient (Wildman–Crippen LogP) is 5.92. The number of hydrogen-bond acceptors (Lipinski definition) is 2. The van der Waals surface area contributed by atoms with E-state index in [-0.39, 0.29) is 0 Å². The molecule has 0 saturated heterocycles. The second-order valence-corrected chi connectivity index (χ2v) is 9.48. The fourth-order valence-corrected chi connectivity index (χ4v) is 5.10. The lowest BCUT2D eigenvalue weighted by atomic mass is 9.78. The summed E-state index contributed by atoms with van der Waals surface area (Å²) in [6.45, 7) is 9.92. The predicted molar refractivity (Wildman–Crippen MR) is 127 cm³/mol. The van der Waals surface area contributed by atoms with Gasteiger partial charge in [-0.05, 0) is 49.3 Å². The molecule has 0 aliphatic heterocycles. The topological polar surface area (TPSA) is 54.3 Å². The molecule has 2 aromatic carbocycles. The summed E-state index contributed by atoms with van der Waals surface area (Å²) in [5.74, 6) is 0.448. The molecule has 3 atom stereocenters. The maximum atomic E-state index is 12.5. The van der Waals surface area contributed by atoms with Crippen molar-refractivity contribution >= 4 is 16.9 Å². The first kappa shape index (κ1) is 21.6. The fraction of sp³-hybridized carbons (Fsp3) is 0.444. The van der Waals surface area contributed by atoms with E-state index in [2.05, 4.69) is 75.5 Å². The number of aryl methyl sites for hydroxylation is 2. The number of nitrogens with zero attached hydrogens (tertiary/aromatic N) is 1. The van der Waals surface area contributed by atoms with E-state index in [4.69, 9.17) is 0 Å². The molecule has 0 unspecified atom stereocenters. The second-order valence-electron chi connectivity index (χ2n) is 9.48. The van der Waals surface area contributed by atoms with Crippen molar-refractivity contribution in [1.82, 2.24) is 9.88 Å². The van der Waals surface area contributed by atoms with Gasteiger partial charge in [-0.3, -0.25) is 0 Å². The number of nitrogens with one attached hydrogen (secondary N) is 1. The number of fused-ring (bicyclic) bond motifs is 1. The Bertz CT molecular complexity index is 1080. The van der Waals surface area contributed by atoms with Crippen molar-refractivity contribution in [3.05, 3.63) is 70.4 Å². The summed E-state index contributed by atoms with van der Waals surface area (Å²) in [5.41, 5.74) is 5.77. The highest BCUT2D eigenvalue weighted by molar-refractivity contribution is 5.98. The van der Waals surface area contributed by atoms with Gasteiger partial charge < -0.3 is 15.0 Å². The lowest BCUT2D eigenvalue weighted by Gasteiger charge is -2.34. The van der Waals surface area contributed by atoms with Crippen LogP contribution in [0.2, 0.25) is 0 Å². The molecule has 1 aromatic heterocycles. The Morgan fingerprint density at radius 1 is 1.06 bits per heavy atom. The maximum Gasteiger partial charge on any atom is 0.352 e. The van der Waals surface area contributed by atoms with Gasteiger partial charge in [0.2, 0.25) is 0 Å². The van der Waals surface area contributed by atoms with Crippen LogP contribution in [-0.2, 0) is 13.1 Å². The molecule has 2 N–H and O–H groups in total. The van der Waals surface area contributed by atoms with E-state index in [0.717, 1.165) is 34.0 Å². The number of carboxylic acids is 1. The largest absolute Gasteiger partial charge is 0.477 e. The van der Waals surface area contributed by atoms with Crippen molar-refractivity contribution in [2.75, 3.05) is 0 Å². The summed E-state index contributed by atoms with van der Waals surface area (Å²) < 4.78 is 1.99. The molecule has 4 nitrogen and oxygen atoms in total. The summed E-state index contributed by atoms with van der Waals surface area (Å²) in [7, 11) is 0. The number of benzene rings is 2.